The van der Waals surface area contributed by atoms with Crippen LogP contribution in [0, 0.1) is 0 Å². The topological polar surface area (TPSA) is 44.2 Å². The first-order valence-electron chi connectivity index (χ1n) is 13.6. The Hall–Kier alpha value is -2.95. The van der Waals surface area contributed by atoms with Crippen molar-refractivity contribution in [2.45, 2.75) is 84.2 Å². The molecular weight excluding hydrogens is 451 g/mol. The van der Waals surface area contributed by atoms with Crippen LogP contribution >= 0.6 is 0 Å². The molecule has 0 fully saturated rings. The maximum Gasteiger partial charge on any atom is 0.159 e. The molecule has 1 heterocycles. The zero-order chi connectivity index (χ0) is 25.4. The molecule has 3 rings (SSSR count). The number of nitrogens with zero attached hydrogens (tertiary/aromatic N) is 2. The Morgan fingerprint density at radius 1 is 0.639 bits per heavy atom. The Morgan fingerprint density at radius 2 is 1.14 bits per heavy atom. The molecule has 0 radical (unpaired) electrons. The fourth-order valence-electron chi connectivity index (χ4n) is 4.06. The molecular formula is C31H41FN2O2. The number of aromatic nitrogens is 2. The van der Waals surface area contributed by atoms with E-state index in [0.717, 1.165) is 35.5 Å². The van der Waals surface area contributed by atoms with Crippen LogP contribution in [0.4, 0.5) is 4.39 Å². The van der Waals surface area contributed by atoms with Gasteiger partial charge in [-0.3, -0.25) is 0 Å². The Labute approximate surface area is 216 Å². The Morgan fingerprint density at radius 3 is 1.69 bits per heavy atom. The van der Waals surface area contributed by atoms with E-state index < -0.39 is 6.17 Å². The second kappa shape index (κ2) is 15.9. The molecule has 194 valence electrons. The smallest absolute Gasteiger partial charge is 0.159 e. The van der Waals surface area contributed by atoms with Crippen molar-refractivity contribution in [3.63, 3.8) is 0 Å². The number of hydrogen-bond acceptors (Lipinski definition) is 4. The van der Waals surface area contributed by atoms with Crippen molar-refractivity contribution in [1.29, 1.82) is 0 Å². The lowest BCUT2D eigenvalue weighted by atomic mass is 10.1. The summed E-state index contributed by atoms with van der Waals surface area (Å²) in [5.41, 5.74) is 2.86. The number of alkyl halides is 1. The van der Waals surface area contributed by atoms with Gasteiger partial charge in [0.05, 0.1) is 6.61 Å². The van der Waals surface area contributed by atoms with Gasteiger partial charge in [0.15, 0.2) is 5.82 Å². The van der Waals surface area contributed by atoms with Crippen LogP contribution in [0.3, 0.4) is 0 Å². The first-order chi connectivity index (χ1) is 17.7. The monoisotopic (exact) mass is 492 g/mol. The van der Waals surface area contributed by atoms with Gasteiger partial charge in [-0.05, 0) is 55.3 Å². The van der Waals surface area contributed by atoms with Gasteiger partial charge >= 0.3 is 0 Å². The highest BCUT2D eigenvalue weighted by atomic mass is 19.1. The molecule has 0 aliphatic rings. The van der Waals surface area contributed by atoms with Crippen molar-refractivity contribution in [1.82, 2.24) is 9.97 Å². The van der Waals surface area contributed by atoms with Gasteiger partial charge in [0.1, 0.15) is 24.3 Å². The normalized spacial score (nSPS) is 11.9. The largest absolute Gasteiger partial charge is 0.494 e. The summed E-state index contributed by atoms with van der Waals surface area (Å²) in [4.78, 5) is 9.07. The third-order valence-electron chi connectivity index (χ3n) is 6.20. The molecule has 0 amide bonds. The summed E-state index contributed by atoms with van der Waals surface area (Å²) < 4.78 is 24.2. The predicted octanol–water partition coefficient (Wildman–Crippen LogP) is 8.85. The lowest BCUT2D eigenvalue weighted by Gasteiger charge is -2.09. The highest BCUT2D eigenvalue weighted by molar-refractivity contribution is 5.64. The van der Waals surface area contributed by atoms with E-state index in [1.165, 1.54) is 64.7 Å². The molecule has 36 heavy (non-hydrogen) atoms. The second-order valence-corrected chi connectivity index (χ2v) is 9.47. The number of ether oxygens (including phenoxy) is 2. The molecule has 1 unspecified atom stereocenters. The van der Waals surface area contributed by atoms with E-state index in [-0.39, 0.29) is 6.61 Å². The molecule has 1 aromatic heterocycles. The van der Waals surface area contributed by atoms with Crippen molar-refractivity contribution in [3.05, 3.63) is 60.9 Å². The van der Waals surface area contributed by atoms with Crippen LogP contribution < -0.4 is 9.47 Å². The molecule has 0 saturated heterocycles. The van der Waals surface area contributed by atoms with E-state index in [0.29, 0.717) is 11.6 Å². The lowest BCUT2D eigenvalue weighted by Crippen LogP contribution is -2.08. The van der Waals surface area contributed by atoms with Crippen molar-refractivity contribution < 1.29 is 13.9 Å². The van der Waals surface area contributed by atoms with Crippen LogP contribution in [0.15, 0.2) is 60.9 Å². The summed E-state index contributed by atoms with van der Waals surface area (Å²) in [5.74, 6) is 2.21. The summed E-state index contributed by atoms with van der Waals surface area (Å²) in [7, 11) is 0. The van der Waals surface area contributed by atoms with Crippen LogP contribution in [0.5, 0.6) is 11.5 Å². The Bertz CT molecular complexity index is 973. The summed E-state index contributed by atoms with van der Waals surface area (Å²) in [6.45, 7) is 4.56. The number of unbranched alkanes of at least 4 members (excludes halogenated alkanes) is 9. The fraction of sp³-hybridized carbons (Fsp3) is 0.484. The molecule has 3 aromatic rings. The Kier molecular flexibility index (Phi) is 12.2. The number of hydrogen-bond donors (Lipinski definition) is 0. The maximum absolute atomic E-state index is 12.9. The third-order valence-corrected chi connectivity index (χ3v) is 6.20. The summed E-state index contributed by atoms with van der Waals surface area (Å²) in [6, 6.07) is 15.5. The Balaban J connectivity index is 1.37. The van der Waals surface area contributed by atoms with Crippen LogP contribution in [0.2, 0.25) is 0 Å². The SMILES string of the molecule is CCCCCCCCCCCCOc1ccc(-c2ncc(-c3ccc(OCC(C)F)cc3)cn2)cc1. The molecule has 0 aliphatic carbocycles. The maximum atomic E-state index is 12.9. The average molecular weight is 493 g/mol. The van der Waals surface area contributed by atoms with Crippen LogP contribution in [0.25, 0.3) is 22.5 Å². The molecule has 1 atom stereocenters. The zero-order valence-electron chi connectivity index (χ0n) is 21.9. The summed E-state index contributed by atoms with van der Waals surface area (Å²) >= 11 is 0. The molecule has 5 heteroatoms. The van der Waals surface area contributed by atoms with Gasteiger partial charge in [-0.1, -0.05) is 76.8 Å². The van der Waals surface area contributed by atoms with Gasteiger partial charge in [-0.25, -0.2) is 14.4 Å². The number of rotatable bonds is 17. The standard InChI is InChI=1S/C31H41FN2O2/c1-3-4-5-6-7-8-9-10-11-12-21-35-29-19-15-27(16-20-29)31-33-22-28(23-34-31)26-13-17-30(18-14-26)36-24-25(2)32/h13-20,22-23,25H,3-12,21,24H2,1-2H3. The minimum Gasteiger partial charge on any atom is -0.494 e. The zero-order valence-corrected chi connectivity index (χ0v) is 21.9. The van der Waals surface area contributed by atoms with Gasteiger partial charge in [-0.15, -0.1) is 0 Å². The molecule has 0 N–H and O–H groups in total. The van der Waals surface area contributed by atoms with Crippen LogP contribution in [0.1, 0.15) is 78.1 Å². The van der Waals surface area contributed by atoms with E-state index in [1.54, 1.807) is 0 Å². The quantitative estimate of drug-likeness (QED) is 0.177. The summed E-state index contributed by atoms with van der Waals surface area (Å²) in [5, 5.41) is 0. The number of benzene rings is 2. The van der Waals surface area contributed by atoms with E-state index in [2.05, 4.69) is 16.9 Å². The molecule has 0 saturated carbocycles. The molecule has 4 nitrogen and oxygen atoms in total. The van der Waals surface area contributed by atoms with Gasteiger partial charge in [0, 0.05) is 23.5 Å². The molecule has 0 bridgehead atoms. The summed E-state index contributed by atoms with van der Waals surface area (Å²) in [6.07, 6.45) is 15.9. The van der Waals surface area contributed by atoms with E-state index in [9.17, 15) is 4.39 Å². The molecule has 0 aliphatic heterocycles. The third kappa shape index (κ3) is 9.96. The minimum atomic E-state index is -0.990. The van der Waals surface area contributed by atoms with Crippen molar-refractivity contribution in [2.75, 3.05) is 13.2 Å². The van der Waals surface area contributed by atoms with Crippen molar-refractivity contribution in [2.24, 2.45) is 0 Å². The predicted molar refractivity (Wildman–Crippen MR) is 146 cm³/mol. The average Bonchev–Trinajstić information content (AvgIpc) is 2.91. The van der Waals surface area contributed by atoms with Crippen molar-refractivity contribution >= 4 is 0 Å². The first kappa shape index (κ1) is 27.6. The first-order valence-corrected chi connectivity index (χ1v) is 13.6. The van der Waals surface area contributed by atoms with Gasteiger partial charge < -0.3 is 9.47 Å². The van der Waals surface area contributed by atoms with Gasteiger partial charge in [0.25, 0.3) is 0 Å². The van der Waals surface area contributed by atoms with Crippen molar-refractivity contribution in [3.8, 4) is 34.0 Å². The minimum absolute atomic E-state index is 0.0558. The molecule has 0 spiro atoms. The van der Waals surface area contributed by atoms with E-state index in [1.807, 2.05) is 60.9 Å². The lowest BCUT2D eigenvalue weighted by molar-refractivity contribution is 0.210. The van der Waals surface area contributed by atoms with Crippen LogP contribution in [-0.4, -0.2) is 29.4 Å². The van der Waals surface area contributed by atoms with Gasteiger partial charge in [0.2, 0.25) is 0 Å². The van der Waals surface area contributed by atoms with E-state index >= 15 is 0 Å². The number of halogens is 1. The molecule has 2 aromatic carbocycles. The van der Waals surface area contributed by atoms with E-state index in [4.69, 9.17) is 9.47 Å². The highest BCUT2D eigenvalue weighted by Gasteiger charge is 2.06. The van der Waals surface area contributed by atoms with Crippen LogP contribution in [-0.2, 0) is 0 Å². The van der Waals surface area contributed by atoms with Gasteiger partial charge in [-0.2, -0.15) is 0 Å². The second-order valence-electron chi connectivity index (χ2n) is 9.47. The fourth-order valence-corrected chi connectivity index (χ4v) is 4.06. The highest BCUT2D eigenvalue weighted by Crippen LogP contribution is 2.24.